The van der Waals surface area contributed by atoms with Gasteiger partial charge < -0.3 is 9.72 Å². The molecule has 1 aromatic heterocycles. The maximum absolute atomic E-state index is 13.8. The molecule has 2 amide bonds. The highest BCUT2D eigenvalue weighted by atomic mass is 32.2. The Morgan fingerprint density at radius 2 is 1.55 bits per heavy atom. The molecule has 3 atom stereocenters. The molecule has 1 N–H and O–H groups in total. The molecule has 0 aliphatic carbocycles. The van der Waals surface area contributed by atoms with Crippen LogP contribution in [0.25, 0.3) is 0 Å². The zero-order valence-corrected chi connectivity index (χ0v) is 20.9. The first kappa shape index (κ1) is 24.5. The number of para-hydroxylation sites is 2. The minimum atomic E-state index is -4.76. The molecule has 1 fully saturated rings. The number of amides is 2. The lowest BCUT2D eigenvalue weighted by Crippen LogP contribution is -2.33. The summed E-state index contributed by atoms with van der Waals surface area (Å²) in [4.78, 5) is 43.2. The van der Waals surface area contributed by atoms with Gasteiger partial charge in [-0.2, -0.15) is 13.2 Å². The summed E-state index contributed by atoms with van der Waals surface area (Å²) in [5.41, 5.74) is -0.956. The van der Waals surface area contributed by atoms with E-state index in [1.165, 1.54) is 12.1 Å². The van der Waals surface area contributed by atoms with Crippen LogP contribution in [-0.4, -0.2) is 22.0 Å². The quantitative estimate of drug-likeness (QED) is 0.311. The van der Waals surface area contributed by atoms with Crippen molar-refractivity contribution in [2.24, 2.45) is 5.92 Å². The number of hydrogen-bond donors (Lipinski definition) is 1. The summed E-state index contributed by atoms with van der Waals surface area (Å²) >= 11 is 1.93. The number of thiazole rings is 1. The maximum Gasteiger partial charge on any atom is 0.418 e. The third kappa shape index (κ3) is 4.11. The maximum atomic E-state index is 13.8. The Balaban J connectivity index is 1.45. The first-order valence-electron chi connectivity index (χ1n) is 11.5. The van der Waals surface area contributed by atoms with Crippen molar-refractivity contribution < 1.29 is 27.5 Å². The molecule has 4 aromatic rings. The van der Waals surface area contributed by atoms with E-state index < -0.39 is 46.3 Å². The number of anilines is 1. The van der Waals surface area contributed by atoms with Crippen molar-refractivity contribution in [2.45, 2.75) is 22.4 Å². The smallest absolute Gasteiger partial charge is 0.418 e. The Morgan fingerprint density at radius 3 is 2.32 bits per heavy atom. The number of nitrogens with one attached hydrogen (secondary N) is 1. The SMILES string of the molecule is O=C1C2Sc3[nH]c(=O)sc3[C@H](c3cccc(Oc4ccccc4)c3)C2C(=O)N1c1ccccc1C(F)(F)F. The van der Waals surface area contributed by atoms with E-state index in [1.54, 1.807) is 36.4 Å². The highest BCUT2D eigenvalue weighted by Crippen LogP contribution is 2.54. The summed E-state index contributed by atoms with van der Waals surface area (Å²) in [5, 5.41) is -0.571. The normalized spacial score (nSPS) is 20.8. The van der Waals surface area contributed by atoms with Crippen molar-refractivity contribution in [1.29, 1.82) is 0 Å². The molecule has 0 bridgehead atoms. The van der Waals surface area contributed by atoms with Crippen molar-refractivity contribution in [1.82, 2.24) is 4.98 Å². The largest absolute Gasteiger partial charge is 0.457 e. The molecule has 2 aliphatic heterocycles. The van der Waals surface area contributed by atoms with E-state index >= 15 is 0 Å². The molecular formula is C27H17F3N2O4S2. The lowest BCUT2D eigenvalue weighted by atomic mass is 9.83. The minimum absolute atomic E-state index is 0.344. The monoisotopic (exact) mass is 554 g/mol. The van der Waals surface area contributed by atoms with Gasteiger partial charge in [0.2, 0.25) is 11.8 Å². The van der Waals surface area contributed by atoms with E-state index in [2.05, 4.69) is 4.98 Å². The summed E-state index contributed by atoms with van der Waals surface area (Å²) in [5.74, 6) is -2.17. The number of ether oxygens (including phenoxy) is 1. The molecule has 192 valence electrons. The standard InChI is InChI=1S/C27H17F3N2O4S2/c28-27(29,30)17-11-4-5-12-18(17)32-24(33)20-19(21-23(31-26(35)38-21)37-22(20)25(32)34)14-7-6-10-16(13-14)36-15-8-2-1-3-9-15/h1-13,19-20,22H,(H,31,35)/t19-,20?,22?/m1/s1. The number of benzene rings is 3. The van der Waals surface area contributed by atoms with Crippen LogP contribution in [0.3, 0.4) is 0 Å². The van der Waals surface area contributed by atoms with Crippen LogP contribution in [-0.2, 0) is 15.8 Å². The van der Waals surface area contributed by atoms with Gasteiger partial charge in [0.1, 0.15) is 16.7 Å². The molecule has 6 nitrogen and oxygen atoms in total. The number of thioether (sulfide) groups is 1. The first-order chi connectivity index (χ1) is 18.2. The zero-order chi connectivity index (χ0) is 26.6. The average molecular weight is 555 g/mol. The molecule has 3 heterocycles. The average Bonchev–Trinajstić information content (AvgIpc) is 3.38. The second kappa shape index (κ2) is 9.17. The summed E-state index contributed by atoms with van der Waals surface area (Å²) in [7, 11) is 0. The molecule has 2 aliphatic rings. The molecule has 0 radical (unpaired) electrons. The van der Waals surface area contributed by atoms with Crippen LogP contribution in [0.15, 0.2) is 88.7 Å². The van der Waals surface area contributed by atoms with Crippen molar-refractivity contribution in [3.05, 3.63) is 105 Å². The molecule has 6 rings (SSSR count). The topological polar surface area (TPSA) is 79.5 Å². The zero-order valence-electron chi connectivity index (χ0n) is 19.3. The van der Waals surface area contributed by atoms with Gasteiger partial charge >= 0.3 is 11.0 Å². The predicted molar refractivity (Wildman–Crippen MR) is 137 cm³/mol. The lowest BCUT2D eigenvalue weighted by molar-refractivity contribution is -0.137. The fourth-order valence-corrected chi connectivity index (χ4v) is 7.43. The third-order valence-electron chi connectivity index (χ3n) is 6.47. The minimum Gasteiger partial charge on any atom is -0.457 e. The molecule has 0 spiro atoms. The summed E-state index contributed by atoms with van der Waals surface area (Å²) in [6.07, 6.45) is -4.76. The molecule has 38 heavy (non-hydrogen) atoms. The molecule has 0 saturated carbocycles. The molecular weight excluding hydrogens is 537 g/mol. The number of fused-ring (bicyclic) bond motifs is 2. The highest BCUT2D eigenvalue weighted by molar-refractivity contribution is 8.00. The van der Waals surface area contributed by atoms with E-state index in [9.17, 15) is 27.6 Å². The summed E-state index contributed by atoms with van der Waals surface area (Å²) in [6.45, 7) is 0. The van der Waals surface area contributed by atoms with Crippen molar-refractivity contribution >= 4 is 40.6 Å². The van der Waals surface area contributed by atoms with Gasteiger partial charge in [-0.15, -0.1) is 0 Å². The number of rotatable bonds is 4. The number of imide groups is 1. The molecule has 3 aromatic carbocycles. The Hall–Kier alpha value is -3.83. The molecule has 11 heteroatoms. The van der Waals surface area contributed by atoms with E-state index in [0.717, 1.165) is 35.2 Å². The number of alkyl halides is 3. The van der Waals surface area contributed by atoms with Gasteiger partial charge in [0.25, 0.3) is 0 Å². The molecule has 2 unspecified atom stereocenters. The van der Waals surface area contributed by atoms with E-state index in [4.69, 9.17) is 4.74 Å². The third-order valence-corrected chi connectivity index (χ3v) is 8.87. The van der Waals surface area contributed by atoms with Crippen LogP contribution >= 0.6 is 23.1 Å². The predicted octanol–water partition coefficient (Wildman–Crippen LogP) is 6.04. The Kier molecular flexibility index (Phi) is 5.92. The second-order valence-corrected chi connectivity index (χ2v) is 10.9. The summed E-state index contributed by atoms with van der Waals surface area (Å²) < 4.78 is 47.3. The van der Waals surface area contributed by atoms with Gasteiger partial charge in [-0.1, -0.05) is 65.6 Å². The second-order valence-electron chi connectivity index (χ2n) is 8.76. The van der Waals surface area contributed by atoms with Crippen molar-refractivity contribution in [2.75, 3.05) is 4.90 Å². The molecule has 1 saturated heterocycles. The van der Waals surface area contributed by atoms with Crippen LogP contribution in [0.4, 0.5) is 18.9 Å². The van der Waals surface area contributed by atoms with Crippen LogP contribution < -0.4 is 14.5 Å². The Bertz CT molecular complexity index is 1620. The number of aromatic amines is 1. The van der Waals surface area contributed by atoms with Crippen LogP contribution in [0.5, 0.6) is 11.5 Å². The van der Waals surface area contributed by atoms with Crippen molar-refractivity contribution in [3.8, 4) is 11.5 Å². The van der Waals surface area contributed by atoms with Gasteiger partial charge in [-0.25, -0.2) is 4.90 Å². The number of hydrogen-bond acceptors (Lipinski definition) is 6. The van der Waals surface area contributed by atoms with Gasteiger partial charge in [0.05, 0.1) is 22.2 Å². The number of halogens is 3. The number of aromatic nitrogens is 1. The van der Waals surface area contributed by atoms with E-state index in [-0.39, 0.29) is 4.87 Å². The first-order valence-corrected chi connectivity index (χ1v) is 13.2. The number of H-pyrrole nitrogens is 1. The number of carbonyl (C=O) groups is 2. The van der Waals surface area contributed by atoms with Gasteiger partial charge in [0.15, 0.2) is 0 Å². The van der Waals surface area contributed by atoms with Gasteiger partial charge in [0, 0.05) is 10.8 Å². The van der Waals surface area contributed by atoms with E-state index in [1.807, 2.05) is 18.2 Å². The van der Waals surface area contributed by atoms with Gasteiger partial charge in [-0.3, -0.25) is 14.4 Å². The van der Waals surface area contributed by atoms with Crippen molar-refractivity contribution in [3.63, 3.8) is 0 Å². The Labute approximate surface area is 222 Å². The van der Waals surface area contributed by atoms with Crippen LogP contribution in [0, 0.1) is 5.92 Å². The summed E-state index contributed by atoms with van der Waals surface area (Å²) in [6, 6.07) is 20.6. The van der Waals surface area contributed by atoms with Crippen LogP contribution in [0.1, 0.15) is 21.9 Å². The van der Waals surface area contributed by atoms with E-state index in [0.29, 0.717) is 31.9 Å². The lowest BCUT2D eigenvalue weighted by Gasteiger charge is -2.30. The highest BCUT2D eigenvalue weighted by Gasteiger charge is 2.57. The number of nitrogens with zero attached hydrogens (tertiary/aromatic N) is 1. The Morgan fingerprint density at radius 1 is 0.842 bits per heavy atom. The fourth-order valence-electron chi connectivity index (χ4n) is 4.92. The van der Waals surface area contributed by atoms with Crippen LogP contribution in [0.2, 0.25) is 0 Å². The fraction of sp³-hybridized carbons (Fsp3) is 0.148. The number of carbonyl (C=O) groups excluding carboxylic acids is 2. The van der Waals surface area contributed by atoms with Gasteiger partial charge in [-0.05, 0) is 42.0 Å².